The highest BCUT2D eigenvalue weighted by Gasteiger charge is 1.96. The van der Waals surface area contributed by atoms with Crippen molar-refractivity contribution in [3.05, 3.63) is 30.1 Å². The van der Waals surface area contributed by atoms with Crippen molar-refractivity contribution < 1.29 is 0 Å². The third-order valence-corrected chi connectivity index (χ3v) is 1.38. The first kappa shape index (κ1) is 6.62. The largest absolute Gasteiger partial charge is 0.260 e. The summed E-state index contributed by atoms with van der Waals surface area (Å²) in [5.74, 6) is 0. The van der Waals surface area contributed by atoms with Gasteiger partial charge in [0.25, 0.3) is 0 Å². The lowest BCUT2D eigenvalue weighted by Crippen LogP contribution is -1.86. The number of nitrogens with zero attached hydrogens (tertiary/aromatic N) is 1. The second kappa shape index (κ2) is 2.87. The molecule has 0 bridgehead atoms. The number of aromatic nitrogens is 1. The van der Waals surface area contributed by atoms with Crippen LogP contribution in [0.3, 0.4) is 0 Å². The van der Waals surface area contributed by atoms with Gasteiger partial charge in [0.2, 0.25) is 0 Å². The van der Waals surface area contributed by atoms with Crippen LogP contribution in [0.4, 0.5) is 0 Å². The number of hydrogen-bond acceptors (Lipinski definition) is 2. The standard InChI is InChI=1S/C7H9NS/c1-6(9)7-4-2-3-5-8-7/h2-6,9H,1H3. The first-order valence-corrected chi connectivity index (χ1v) is 3.41. The van der Waals surface area contributed by atoms with E-state index in [1.165, 1.54) is 0 Å². The van der Waals surface area contributed by atoms with Gasteiger partial charge in [0, 0.05) is 11.4 Å². The van der Waals surface area contributed by atoms with Crippen LogP contribution in [0.2, 0.25) is 0 Å². The minimum Gasteiger partial charge on any atom is -0.260 e. The first-order chi connectivity index (χ1) is 4.30. The third kappa shape index (κ3) is 1.72. The Bertz CT molecular complexity index is 172. The Morgan fingerprint density at radius 1 is 1.56 bits per heavy atom. The normalized spacial score (nSPS) is 13.1. The Labute approximate surface area is 60.5 Å². The molecule has 0 aliphatic carbocycles. The number of thiol groups is 1. The maximum absolute atomic E-state index is 4.23. The monoisotopic (exact) mass is 139 g/mol. The van der Waals surface area contributed by atoms with E-state index in [0.717, 1.165) is 5.69 Å². The summed E-state index contributed by atoms with van der Waals surface area (Å²) < 4.78 is 0. The molecule has 1 unspecified atom stereocenters. The van der Waals surface area contributed by atoms with Crippen molar-refractivity contribution in [2.75, 3.05) is 0 Å². The fourth-order valence-electron chi connectivity index (χ4n) is 0.623. The molecule has 0 amide bonds. The summed E-state index contributed by atoms with van der Waals surface area (Å²) in [4.78, 5) is 4.10. The van der Waals surface area contributed by atoms with Crippen LogP contribution in [0, 0.1) is 0 Å². The average molecular weight is 139 g/mol. The zero-order chi connectivity index (χ0) is 6.69. The highest BCUT2D eigenvalue weighted by Crippen LogP contribution is 2.14. The van der Waals surface area contributed by atoms with Gasteiger partial charge in [-0.05, 0) is 19.1 Å². The van der Waals surface area contributed by atoms with E-state index >= 15 is 0 Å². The molecule has 0 aromatic carbocycles. The second-order valence-corrected chi connectivity index (χ2v) is 2.71. The van der Waals surface area contributed by atoms with Crippen LogP contribution in [0.5, 0.6) is 0 Å². The molecule has 1 nitrogen and oxygen atoms in total. The molecular formula is C7H9NS. The zero-order valence-electron chi connectivity index (χ0n) is 5.28. The summed E-state index contributed by atoms with van der Waals surface area (Å²) in [6.07, 6.45) is 1.78. The quantitative estimate of drug-likeness (QED) is 0.588. The van der Waals surface area contributed by atoms with Gasteiger partial charge >= 0.3 is 0 Å². The molecule has 0 aliphatic rings. The molecule has 1 rings (SSSR count). The van der Waals surface area contributed by atoms with Crippen molar-refractivity contribution in [3.8, 4) is 0 Å². The van der Waals surface area contributed by atoms with Crippen LogP contribution in [-0.4, -0.2) is 4.98 Å². The lowest BCUT2D eigenvalue weighted by Gasteiger charge is -1.99. The van der Waals surface area contributed by atoms with Gasteiger partial charge in [-0.2, -0.15) is 12.6 Å². The van der Waals surface area contributed by atoms with Crippen LogP contribution in [0.15, 0.2) is 24.4 Å². The lowest BCUT2D eigenvalue weighted by atomic mass is 10.3. The van der Waals surface area contributed by atoms with Crippen LogP contribution < -0.4 is 0 Å². The number of hydrogen-bond donors (Lipinski definition) is 1. The minimum atomic E-state index is 0.242. The van der Waals surface area contributed by atoms with Gasteiger partial charge in [-0.15, -0.1) is 0 Å². The third-order valence-electron chi connectivity index (χ3n) is 1.12. The molecule has 0 spiro atoms. The Kier molecular flexibility index (Phi) is 2.11. The molecule has 2 heteroatoms. The van der Waals surface area contributed by atoms with Crippen LogP contribution in [0.25, 0.3) is 0 Å². The van der Waals surface area contributed by atoms with Gasteiger partial charge in [-0.25, -0.2) is 0 Å². The molecule has 1 aromatic rings. The van der Waals surface area contributed by atoms with E-state index in [0.29, 0.717) is 0 Å². The van der Waals surface area contributed by atoms with E-state index in [-0.39, 0.29) is 5.25 Å². The van der Waals surface area contributed by atoms with Crippen LogP contribution >= 0.6 is 12.6 Å². The fourth-order valence-corrected chi connectivity index (χ4v) is 0.776. The van der Waals surface area contributed by atoms with E-state index in [1.54, 1.807) is 6.20 Å². The van der Waals surface area contributed by atoms with Gasteiger partial charge in [-0.3, -0.25) is 4.98 Å². The molecule has 0 N–H and O–H groups in total. The van der Waals surface area contributed by atoms with E-state index < -0.39 is 0 Å². The maximum atomic E-state index is 4.23. The maximum Gasteiger partial charge on any atom is 0.0528 e. The fraction of sp³-hybridized carbons (Fsp3) is 0.286. The molecule has 1 aromatic heterocycles. The topological polar surface area (TPSA) is 12.9 Å². The van der Waals surface area contributed by atoms with E-state index in [4.69, 9.17) is 0 Å². The Hall–Kier alpha value is -0.500. The Morgan fingerprint density at radius 3 is 2.67 bits per heavy atom. The first-order valence-electron chi connectivity index (χ1n) is 2.89. The van der Waals surface area contributed by atoms with Crippen LogP contribution in [0.1, 0.15) is 17.9 Å². The summed E-state index contributed by atoms with van der Waals surface area (Å²) in [6, 6.07) is 5.84. The van der Waals surface area contributed by atoms with Crippen molar-refractivity contribution >= 4 is 12.6 Å². The second-order valence-electron chi connectivity index (χ2n) is 1.93. The number of rotatable bonds is 1. The summed E-state index contributed by atoms with van der Waals surface area (Å²) in [5.41, 5.74) is 1.03. The molecule has 0 radical (unpaired) electrons. The van der Waals surface area contributed by atoms with Gasteiger partial charge in [-0.1, -0.05) is 6.07 Å². The highest BCUT2D eigenvalue weighted by atomic mass is 32.1. The minimum absolute atomic E-state index is 0.242. The summed E-state index contributed by atoms with van der Waals surface area (Å²) in [5, 5.41) is 0.242. The zero-order valence-corrected chi connectivity index (χ0v) is 6.18. The summed E-state index contributed by atoms with van der Waals surface area (Å²) in [7, 11) is 0. The van der Waals surface area contributed by atoms with Crippen molar-refractivity contribution in [3.63, 3.8) is 0 Å². The van der Waals surface area contributed by atoms with Crippen molar-refractivity contribution in [2.45, 2.75) is 12.2 Å². The van der Waals surface area contributed by atoms with E-state index in [9.17, 15) is 0 Å². The van der Waals surface area contributed by atoms with Crippen molar-refractivity contribution in [1.29, 1.82) is 0 Å². The molecule has 0 aliphatic heterocycles. The van der Waals surface area contributed by atoms with Gasteiger partial charge < -0.3 is 0 Å². The molecule has 0 saturated carbocycles. The lowest BCUT2D eigenvalue weighted by molar-refractivity contribution is 1.02. The Balaban J connectivity index is 2.85. The van der Waals surface area contributed by atoms with E-state index in [2.05, 4.69) is 17.6 Å². The Morgan fingerprint density at radius 2 is 2.33 bits per heavy atom. The van der Waals surface area contributed by atoms with Gasteiger partial charge in [0.1, 0.15) is 0 Å². The van der Waals surface area contributed by atoms with Crippen molar-refractivity contribution in [2.24, 2.45) is 0 Å². The predicted octanol–water partition coefficient (Wildman–Crippen LogP) is 2.07. The van der Waals surface area contributed by atoms with Gasteiger partial charge in [0.05, 0.1) is 5.69 Å². The van der Waals surface area contributed by atoms with Crippen molar-refractivity contribution in [1.82, 2.24) is 4.98 Å². The molecule has 1 atom stereocenters. The molecule has 9 heavy (non-hydrogen) atoms. The molecule has 1 heterocycles. The average Bonchev–Trinajstić information content (AvgIpc) is 1.90. The number of pyridine rings is 1. The van der Waals surface area contributed by atoms with E-state index in [1.807, 2.05) is 25.1 Å². The predicted molar refractivity (Wildman–Crippen MR) is 41.6 cm³/mol. The molecule has 48 valence electrons. The SMILES string of the molecule is CC(S)c1ccccn1. The molecular weight excluding hydrogens is 130 g/mol. The summed E-state index contributed by atoms with van der Waals surface area (Å²) in [6.45, 7) is 2.01. The smallest absolute Gasteiger partial charge is 0.0528 e. The summed E-state index contributed by atoms with van der Waals surface area (Å²) >= 11 is 4.23. The molecule has 0 fully saturated rings. The van der Waals surface area contributed by atoms with Crippen LogP contribution in [-0.2, 0) is 0 Å². The highest BCUT2D eigenvalue weighted by molar-refractivity contribution is 7.80. The van der Waals surface area contributed by atoms with Gasteiger partial charge in [0.15, 0.2) is 0 Å². The molecule has 0 saturated heterocycles.